The highest BCUT2D eigenvalue weighted by atomic mass is 16.3. The Labute approximate surface area is 89.1 Å². The second-order valence-corrected chi connectivity index (χ2v) is 4.40. The van der Waals surface area contributed by atoms with Crippen LogP contribution in [0.1, 0.15) is 31.7 Å². The number of benzene rings is 1. The first kappa shape index (κ1) is 8.84. The monoisotopic (exact) mass is 201 g/mol. The fourth-order valence-electron chi connectivity index (χ4n) is 2.65. The van der Waals surface area contributed by atoms with E-state index in [0.29, 0.717) is 11.8 Å². The molecule has 0 unspecified atom stereocenters. The molecule has 0 spiro atoms. The Balaban J connectivity index is 2.11. The normalized spacial score (nSPS) is 17.6. The first-order valence-corrected chi connectivity index (χ1v) is 5.64. The van der Waals surface area contributed by atoms with Crippen LogP contribution in [0.2, 0.25) is 0 Å². The van der Waals surface area contributed by atoms with Gasteiger partial charge in [0.1, 0.15) is 5.75 Å². The maximum absolute atomic E-state index is 9.40. The van der Waals surface area contributed by atoms with Gasteiger partial charge in [-0.05, 0) is 37.1 Å². The predicted molar refractivity (Wildman–Crippen MR) is 61.1 cm³/mol. The van der Waals surface area contributed by atoms with E-state index in [-0.39, 0.29) is 0 Å². The van der Waals surface area contributed by atoms with Crippen molar-refractivity contribution in [3.8, 4) is 5.75 Å². The summed E-state index contributed by atoms with van der Waals surface area (Å²) in [5, 5.41) is 10.5. The Morgan fingerprint density at radius 2 is 1.93 bits per heavy atom. The summed E-state index contributed by atoms with van der Waals surface area (Å²) in [6.07, 6.45) is 7.44. The highest BCUT2D eigenvalue weighted by Crippen LogP contribution is 2.33. The fraction of sp³-hybridized carbons (Fsp3) is 0.385. The molecule has 0 amide bonds. The summed E-state index contributed by atoms with van der Waals surface area (Å²) in [4.78, 5) is 0. The molecule has 1 saturated carbocycles. The van der Waals surface area contributed by atoms with Crippen LogP contribution in [-0.4, -0.2) is 9.67 Å². The van der Waals surface area contributed by atoms with Gasteiger partial charge in [0.05, 0.1) is 0 Å². The third kappa shape index (κ3) is 1.41. The van der Waals surface area contributed by atoms with Crippen LogP contribution in [0.25, 0.3) is 10.9 Å². The first-order valence-electron chi connectivity index (χ1n) is 5.64. The Hall–Kier alpha value is -1.44. The van der Waals surface area contributed by atoms with Gasteiger partial charge in [-0.3, -0.25) is 0 Å². The average molecular weight is 201 g/mol. The zero-order chi connectivity index (χ0) is 10.3. The lowest BCUT2D eigenvalue weighted by Gasteiger charge is -2.13. The van der Waals surface area contributed by atoms with Gasteiger partial charge in [0.2, 0.25) is 0 Å². The number of hydrogen-bond acceptors (Lipinski definition) is 1. The van der Waals surface area contributed by atoms with Crippen molar-refractivity contribution >= 4 is 10.9 Å². The van der Waals surface area contributed by atoms with Gasteiger partial charge in [-0.2, -0.15) is 0 Å². The molecular formula is C13H15NO. The molecule has 1 heterocycles. The second kappa shape index (κ2) is 3.30. The van der Waals surface area contributed by atoms with Crippen LogP contribution >= 0.6 is 0 Å². The van der Waals surface area contributed by atoms with Gasteiger partial charge >= 0.3 is 0 Å². The number of rotatable bonds is 1. The molecule has 0 bridgehead atoms. The maximum atomic E-state index is 9.40. The molecule has 1 aliphatic rings. The quantitative estimate of drug-likeness (QED) is 0.751. The Morgan fingerprint density at radius 1 is 1.13 bits per heavy atom. The third-order valence-electron chi connectivity index (χ3n) is 3.42. The van der Waals surface area contributed by atoms with E-state index in [0.717, 1.165) is 5.39 Å². The van der Waals surface area contributed by atoms with Crippen molar-refractivity contribution < 1.29 is 5.11 Å². The molecule has 1 aliphatic carbocycles. The number of fused-ring (bicyclic) bond motifs is 1. The van der Waals surface area contributed by atoms with Crippen molar-refractivity contribution in [3.63, 3.8) is 0 Å². The molecule has 2 heteroatoms. The minimum Gasteiger partial charge on any atom is -0.508 e. The lowest BCUT2D eigenvalue weighted by Crippen LogP contribution is -2.02. The standard InChI is InChI=1S/C13H15NO/c15-12-5-6-13-10(9-12)7-8-14(13)11-3-1-2-4-11/h5-9,11,15H,1-4H2. The lowest BCUT2D eigenvalue weighted by molar-refractivity contribution is 0.476. The van der Waals surface area contributed by atoms with E-state index in [2.05, 4.69) is 16.8 Å². The van der Waals surface area contributed by atoms with Gasteiger partial charge in [0.25, 0.3) is 0 Å². The van der Waals surface area contributed by atoms with Crippen molar-refractivity contribution in [2.45, 2.75) is 31.7 Å². The molecule has 1 N–H and O–H groups in total. The highest BCUT2D eigenvalue weighted by Gasteiger charge is 2.17. The SMILES string of the molecule is Oc1ccc2c(ccn2C2CCCC2)c1. The van der Waals surface area contributed by atoms with Gasteiger partial charge in [-0.1, -0.05) is 12.8 Å². The molecule has 78 valence electrons. The van der Waals surface area contributed by atoms with Crippen LogP contribution in [0.15, 0.2) is 30.5 Å². The molecule has 0 aliphatic heterocycles. The van der Waals surface area contributed by atoms with E-state index in [1.807, 2.05) is 12.1 Å². The smallest absolute Gasteiger partial charge is 0.116 e. The van der Waals surface area contributed by atoms with Crippen LogP contribution < -0.4 is 0 Å². The molecule has 3 rings (SSSR count). The molecule has 2 nitrogen and oxygen atoms in total. The molecule has 1 aromatic heterocycles. The summed E-state index contributed by atoms with van der Waals surface area (Å²) < 4.78 is 2.36. The van der Waals surface area contributed by atoms with Crippen LogP contribution in [0.5, 0.6) is 5.75 Å². The topological polar surface area (TPSA) is 25.2 Å². The average Bonchev–Trinajstić information content (AvgIpc) is 2.82. The number of aromatic nitrogens is 1. The van der Waals surface area contributed by atoms with E-state index >= 15 is 0 Å². The van der Waals surface area contributed by atoms with E-state index in [1.54, 1.807) is 6.07 Å². The number of phenols is 1. The van der Waals surface area contributed by atoms with E-state index < -0.39 is 0 Å². The van der Waals surface area contributed by atoms with Crippen molar-refractivity contribution in [1.82, 2.24) is 4.57 Å². The number of nitrogens with zero attached hydrogens (tertiary/aromatic N) is 1. The fourth-order valence-corrected chi connectivity index (χ4v) is 2.65. The molecule has 2 aromatic rings. The lowest BCUT2D eigenvalue weighted by atomic mass is 10.2. The Kier molecular flexibility index (Phi) is 1.94. The molecule has 1 fully saturated rings. The molecule has 1 aromatic carbocycles. The van der Waals surface area contributed by atoms with Gasteiger partial charge < -0.3 is 9.67 Å². The van der Waals surface area contributed by atoms with Crippen molar-refractivity contribution in [2.75, 3.05) is 0 Å². The first-order chi connectivity index (χ1) is 7.34. The second-order valence-electron chi connectivity index (χ2n) is 4.40. The zero-order valence-electron chi connectivity index (χ0n) is 8.69. The predicted octanol–water partition coefficient (Wildman–Crippen LogP) is 3.46. The zero-order valence-corrected chi connectivity index (χ0v) is 8.69. The van der Waals surface area contributed by atoms with Crippen molar-refractivity contribution in [1.29, 1.82) is 0 Å². The summed E-state index contributed by atoms with van der Waals surface area (Å²) in [5.41, 5.74) is 1.25. The molecule has 0 atom stereocenters. The third-order valence-corrected chi connectivity index (χ3v) is 3.42. The van der Waals surface area contributed by atoms with Crippen LogP contribution in [0, 0.1) is 0 Å². The van der Waals surface area contributed by atoms with Crippen molar-refractivity contribution in [2.24, 2.45) is 0 Å². The van der Waals surface area contributed by atoms with Gasteiger partial charge in [0, 0.05) is 23.1 Å². The van der Waals surface area contributed by atoms with E-state index in [1.165, 1.54) is 31.2 Å². The molecule has 15 heavy (non-hydrogen) atoms. The Morgan fingerprint density at radius 3 is 2.73 bits per heavy atom. The summed E-state index contributed by atoms with van der Waals surface area (Å²) in [5.74, 6) is 0.353. The number of aromatic hydroxyl groups is 1. The molecule has 0 saturated heterocycles. The maximum Gasteiger partial charge on any atom is 0.116 e. The van der Waals surface area contributed by atoms with Crippen molar-refractivity contribution in [3.05, 3.63) is 30.5 Å². The summed E-state index contributed by atoms with van der Waals surface area (Å²) >= 11 is 0. The van der Waals surface area contributed by atoms with Gasteiger partial charge in [0.15, 0.2) is 0 Å². The number of phenolic OH excluding ortho intramolecular Hbond substituents is 1. The molecule has 0 radical (unpaired) electrons. The Bertz CT molecular complexity index is 480. The van der Waals surface area contributed by atoms with E-state index in [9.17, 15) is 5.11 Å². The largest absolute Gasteiger partial charge is 0.508 e. The van der Waals surface area contributed by atoms with Gasteiger partial charge in [-0.15, -0.1) is 0 Å². The summed E-state index contributed by atoms with van der Waals surface area (Å²) in [6, 6.07) is 8.39. The van der Waals surface area contributed by atoms with Crippen LogP contribution in [0.4, 0.5) is 0 Å². The van der Waals surface area contributed by atoms with Crippen LogP contribution in [0.3, 0.4) is 0 Å². The van der Waals surface area contributed by atoms with Gasteiger partial charge in [-0.25, -0.2) is 0 Å². The summed E-state index contributed by atoms with van der Waals surface area (Å²) in [7, 11) is 0. The minimum absolute atomic E-state index is 0.353. The van der Waals surface area contributed by atoms with Crippen LogP contribution in [-0.2, 0) is 0 Å². The highest BCUT2D eigenvalue weighted by molar-refractivity contribution is 5.81. The summed E-state index contributed by atoms with van der Waals surface area (Å²) in [6.45, 7) is 0. The number of hydrogen-bond donors (Lipinski definition) is 1. The molecular weight excluding hydrogens is 186 g/mol. The van der Waals surface area contributed by atoms with E-state index in [4.69, 9.17) is 0 Å². The minimum atomic E-state index is 0.353.